The summed E-state index contributed by atoms with van der Waals surface area (Å²) in [4.78, 5) is 12.7. The first-order valence-electron chi connectivity index (χ1n) is 4.58. The minimum atomic E-state index is -0.937. The molecule has 1 aromatic rings. The molecule has 0 atom stereocenters. The van der Waals surface area contributed by atoms with Gasteiger partial charge in [-0.25, -0.2) is 4.79 Å². The molecule has 1 rings (SSSR count). The Bertz CT molecular complexity index is 359. The molecule has 0 saturated carbocycles. The minimum absolute atomic E-state index is 0.639. The van der Waals surface area contributed by atoms with Crippen molar-refractivity contribution < 1.29 is 9.90 Å². The maximum absolute atomic E-state index is 11.0. The fraction of sp³-hybridized carbons (Fsp3) is 0.364. The monoisotopic (exact) mass is 227 g/mol. The number of likely N-dealkylation sites (N-methyl/N-ethyl adjacent to an activating group) is 1. The summed E-state index contributed by atoms with van der Waals surface area (Å²) in [5, 5.41) is 9.70. The van der Waals surface area contributed by atoms with E-state index >= 15 is 0 Å². The number of hydrogen-bond acceptors (Lipinski definition) is 2. The maximum Gasteiger partial charge on any atom is 0.328 e. The summed E-state index contributed by atoms with van der Waals surface area (Å²) in [5.41, 5.74) is -0.111. The molecule has 0 aliphatic rings. The van der Waals surface area contributed by atoms with Crippen LogP contribution in [0.2, 0.25) is 5.02 Å². The Hall–Kier alpha value is -1.22. The Balaban J connectivity index is 2.99. The van der Waals surface area contributed by atoms with E-state index < -0.39 is 11.5 Å². The Morgan fingerprint density at radius 1 is 1.33 bits per heavy atom. The van der Waals surface area contributed by atoms with E-state index in [1.165, 1.54) is 0 Å². The largest absolute Gasteiger partial charge is 0.480 e. The average molecular weight is 228 g/mol. The van der Waals surface area contributed by atoms with Crippen LogP contribution in [0.1, 0.15) is 13.8 Å². The van der Waals surface area contributed by atoms with Crippen LogP contribution >= 0.6 is 11.6 Å². The van der Waals surface area contributed by atoms with E-state index in [-0.39, 0.29) is 0 Å². The Morgan fingerprint density at radius 2 is 1.80 bits per heavy atom. The van der Waals surface area contributed by atoms with Crippen molar-refractivity contribution in [1.82, 2.24) is 0 Å². The summed E-state index contributed by atoms with van der Waals surface area (Å²) in [6.07, 6.45) is 0. The van der Waals surface area contributed by atoms with E-state index in [1.807, 2.05) is 0 Å². The Kier molecular flexibility index (Phi) is 3.25. The van der Waals surface area contributed by atoms with Gasteiger partial charge in [-0.2, -0.15) is 0 Å². The second-order valence-corrected chi connectivity index (χ2v) is 4.34. The maximum atomic E-state index is 11.0. The number of hydrogen-bond donors (Lipinski definition) is 1. The second kappa shape index (κ2) is 4.11. The topological polar surface area (TPSA) is 40.5 Å². The molecule has 82 valence electrons. The molecule has 15 heavy (non-hydrogen) atoms. The predicted octanol–water partition coefficient (Wildman–Crippen LogP) is 2.64. The van der Waals surface area contributed by atoms with Crippen LogP contribution in [0.15, 0.2) is 24.3 Å². The minimum Gasteiger partial charge on any atom is -0.480 e. The summed E-state index contributed by atoms with van der Waals surface area (Å²) >= 11 is 5.76. The van der Waals surface area contributed by atoms with Gasteiger partial charge in [-0.05, 0) is 38.1 Å². The molecule has 0 fully saturated rings. The van der Waals surface area contributed by atoms with E-state index in [9.17, 15) is 4.79 Å². The zero-order chi connectivity index (χ0) is 11.6. The van der Waals surface area contributed by atoms with Crippen molar-refractivity contribution in [3.05, 3.63) is 29.3 Å². The number of benzene rings is 1. The number of nitrogens with zero attached hydrogens (tertiary/aromatic N) is 1. The zero-order valence-corrected chi connectivity index (χ0v) is 9.75. The Labute approximate surface area is 94.3 Å². The van der Waals surface area contributed by atoms with E-state index in [2.05, 4.69) is 0 Å². The van der Waals surface area contributed by atoms with E-state index in [1.54, 1.807) is 50.1 Å². The van der Waals surface area contributed by atoms with Gasteiger partial charge >= 0.3 is 5.97 Å². The third-order valence-electron chi connectivity index (χ3n) is 2.58. The van der Waals surface area contributed by atoms with Crippen molar-refractivity contribution >= 4 is 23.3 Å². The normalized spacial score (nSPS) is 11.2. The molecule has 0 radical (unpaired) electrons. The van der Waals surface area contributed by atoms with Crippen molar-refractivity contribution in [2.45, 2.75) is 19.4 Å². The molecular formula is C11H14ClNO2. The number of halogens is 1. The summed E-state index contributed by atoms with van der Waals surface area (Å²) in [6, 6.07) is 7.08. The molecule has 0 aliphatic carbocycles. The van der Waals surface area contributed by atoms with Gasteiger partial charge in [0.05, 0.1) is 0 Å². The first-order chi connectivity index (χ1) is 6.85. The lowest BCUT2D eigenvalue weighted by atomic mass is 10.0. The van der Waals surface area contributed by atoms with Crippen LogP contribution in [0.25, 0.3) is 0 Å². The van der Waals surface area contributed by atoms with Gasteiger partial charge in [-0.3, -0.25) is 0 Å². The van der Waals surface area contributed by atoms with Crippen molar-refractivity contribution in [3.8, 4) is 0 Å². The average Bonchev–Trinajstić information content (AvgIpc) is 2.17. The third-order valence-corrected chi connectivity index (χ3v) is 2.83. The molecule has 0 aromatic heterocycles. The zero-order valence-electron chi connectivity index (χ0n) is 8.99. The van der Waals surface area contributed by atoms with Crippen LogP contribution in [0, 0.1) is 0 Å². The molecule has 4 heteroatoms. The second-order valence-electron chi connectivity index (χ2n) is 3.90. The lowest BCUT2D eigenvalue weighted by Crippen LogP contribution is -2.48. The smallest absolute Gasteiger partial charge is 0.328 e. The van der Waals surface area contributed by atoms with Crippen LogP contribution in [0.5, 0.6) is 0 Å². The van der Waals surface area contributed by atoms with Crippen molar-refractivity contribution in [1.29, 1.82) is 0 Å². The SMILES string of the molecule is CN(c1ccc(Cl)cc1)C(C)(C)C(=O)O. The molecule has 0 spiro atoms. The lowest BCUT2D eigenvalue weighted by molar-refractivity contribution is -0.142. The summed E-state index contributed by atoms with van der Waals surface area (Å²) in [5.74, 6) is -0.861. The molecule has 0 amide bonds. The highest BCUT2D eigenvalue weighted by Crippen LogP contribution is 2.23. The molecule has 1 N–H and O–H groups in total. The Morgan fingerprint density at radius 3 is 2.20 bits per heavy atom. The van der Waals surface area contributed by atoms with E-state index in [0.717, 1.165) is 5.69 Å². The predicted molar refractivity (Wildman–Crippen MR) is 61.6 cm³/mol. The first-order valence-corrected chi connectivity index (χ1v) is 4.96. The van der Waals surface area contributed by atoms with Crippen molar-refractivity contribution in [3.63, 3.8) is 0 Å². The van der Waals surface area contributed by atoms with Gasteiger partial charge in [0, 0.05) is 17.8 Å². The molecule has 0 unspecified atom stereocenters. The fourth-order valence-corrected chi connectivity index (χ4v) is 1.26. The number of anilines is 1. The van der Waals surface area contributed by atoms with Gasteiger partial charge in [-0.15, -0.1) is 0 Å². The molecule has 0 heterocycles. The van der Waals surface area contributed by atoms with Gasteiger partial charge < -0.3 is 10.0 Å². The van der Waals surface area contributed by atoms with Crippen LogP contribution in [0.3, 0.4) is 0 Å². The molecule has 0 bridgehead atoms. The quantitative estimate of drug-likeness (QED) is 0.863. The number of carboxylic acid groups (broad SMARTS) is 1. The number of carboxylic acids is 1. The van der Waals surface area contributed by atoms with E-state index in [0.29, 0.717) is 5.02 Å². The highest BCUT2D eigenvalue weighted by atomic mass is 35.5. The van der Waals surface area contributed by atoms with Crippen molar-refractivity contribution in [2.24, 2.45) is 0 Å². The third kappa shape index (κ3) is 2.42. The number of carbonyl (C=O) groups is 1. The van der Waals surface area contributed by atoms with Gasteiger partial charge in [0.2, 0.25) is 0 Å². The first kappa shape index (κ1) is 11.9. The molecular weight excluding hydrogens is 214 g/mol. The summed E-state index contributed by atoms with van der Waals surface area (Å²) in [6.45, 7) is 3.31. The van der Waals surface area contributed by atoms with Crippen LogP contribution in [-0.4, -0.2) is 23.7 Å². The summed E-state index contributed by atoms with van der Waals surface area (Å²) in [7, 11) is 1.75. The van der Waals surface area contributed by atoms with E-state index in [4.69, 9.17) is 16.7 Å². The van der Waals surface area contributed by atoms with Crippen LogP contribution in [0.4, 0.5) is 5.69 Å². The number of aliphatic carboxylic acids is 1. The lowest BCUT2D eigenvalue weighted by Gasteiger charge is -2.33. The van der Waals surface area contributed by atoms with Crippen molar-refractivity contribution in [2.75, 3.05) is 11.9 Å². The highest BCUT2D eigenvalue weighted by molar-refractivity contribution is 6.30. The summed E-state index contributed by atoms with van der Waals surface area (Å²) < 4.78 is 0. The van der Waals surface area contributed by atoms with Gasteiger partial charge in [-0.1, -0.05) is 11.6 Å². The van der Waals surface area contributed by atoms with Gasteiger partial charge in [0.1, 0.15) is 5.54 Å². The molecule has 0 saturated heterocycles. The molecule has 0 aliphatic heterocycles. The van der Waals surface area contributed by atoms with Gasteiger partial charge in [0.15, 0.2) is 0 Å². The highest BCUT2D eigenvalue weighted by Gasteiger charge is 2.32. The fourth-order valence-electron chi connectivity index (χ4n) is 1.13. The standard InChI is InChI=1S/C11H14ClNO2/c1-11(2,10(14)15)13(3)9-6-4-8(12)5-7-9/h4-7H,1-3H3,(H,14,15). The van der Waals surface area contributed by atoms with Crippen LogP contribution in [-0.2, 0) is 4.79 Å². The number of rotatable bonds is 3. The van der Waals surface area contributed by atoms with Crippen LogP contribution < -0.4 is 4.90 Å². The molecule has 1 aromatic carbocycles. The van der Waals surface area contributed by atoms with Gasteiger partial charge in [0.25, 0.3) is 0 Å². The molecule has 3 nitrogen and oxygen atoms in total.